The van der Waals surface area contributed by atoms with Gasteiger partial charge in [-0.15, -0.1) is 0 Å². The zero-order valence-corrected chi connectivity index (χ0v) is 15.5. The minimum Gasteiger partial charge on any atom is -0.329 e. The molecular formula is C21H19ClN4O. The van der Waals surface area contributed by atoms with Crippen LogP contribution in [0, 0.1) is 0 Å². The van der Waals surface area contributed by atoms with Crippen molar-refractivity contribution in [2.45, 2.75) is 25.3 Å². The fraction of sp³-hybridized carbons (Fsp3) is 0.238. The second-order valence-corrected chi connectivity index (χ2v) is 7.04. The molecule has 1 unspecified atom stereocenters. The first-order valence-electron chi connectivity index (χ1n) is 8.98. The van der Waals surface area contributed by atoms with Crippen molar-refractivity contribution < 1.29 is 4.79 Å². The Kier molecular flexibility index (Phi) is 5.12. The number of hydrogen-bond donors (Lipinski definition) is 0. The third-order valence-electron chi connectivity index (χ3n) is 4.76. The van der Waals surface area contributed by atoms with Crippen LogP contribution in [0.4, 0.5) is 0 Å². The normalized spacial score (nSPS) is 16.5. The topological polar surface area (TPSA) is 59.0 Å². The average molecular weight is 379 g/mol. The van der Waals surface area contributed by atoms with Crippen LogP contribution in [-0.4, -0.2) is 32.3 Å². The molecule has 136 valence electrons. The number of carbonyl (C=O) groups is 1. The molecular weight excluding hydrogens is 360 g/mol. The SMILES string of the molecule is O=C(c1cnccn1)N1CCCC1c1cccc(Cc2ccc(Cl)cc2)n1. The molecule has 1 atom stereocenters. The number of likely N-dealkylation sites (tertiary alicyclic amines) is 1. The van der Waals surface area contributed by atoms with E-state index in [1.165, 1.54) is 6.20 Å². The lowest BCUT2D eigenvalue weighted by atomic mass is 10.1. The average Bonchev–Trinajstić information content (AvgIpc) is 3.20. The maximum atomic E-state index is 12.8. The Morgan fingerprint density at radius 1 is 1.15 bits per heavy atom. The van der Waals surface area contributed by atoms with Gasteiger partial charge in [0, 0.05) is 36.1 Å². The summed E-state index contributed by atoms with van der Waals surface area (Å²) in [6, 6.07) is 13.8. The molecule has 2 aromatic heterocycles. The van der Waals surface area contributed by atoms with Crippen molar-refractivity contribution in [3.8, 4) is 0 Å². The highest BCUT2D eigenvalue weighted by Crippen LogP contribution is 2.32. The molecule has 1 saturated heterocycles. The zero-order chi connectivity index (χ0) is 18.6. The van der Waals surface area contributed by atoms with Gasteiger partial charge in [-0.3, -0.25) is 14.8 Å². The third kappa shape index (κ3) is 3.98. The second-order valence-electron chi connectivity index (χ2n) is 6.60. The first kappa shape index (κ1) is 17.6. The van der Waals surface area contributed by atoms with Crippen molar-refractivity contribution in [3.05, 3.63) is 88.7 Å². The van der Waals surface area contributed by atoms with Gasteiger partial charge in [0.25, 0.3) is 5.91 Å². The molecule has 3 heterocycles. The Hall–Kier alpha value is -2.79. The maximum absolute atomic E-state index is 12.8. The van der Waals surface area contributed by atoms with Crippen molar-refractivity contribution >= 4 is 17.5 Å². The fourth-order valence-corrected chi connectivity index (χ4v) is 3.59. The van der Waals surface area contributed by atoms with E-state index in [0.717, 1.165) is 41.2 Å². The number of halogens is 1. The molecule has 1 amide bonds. The van der Waals surface area contributed by atoms with Crippen LogP contribution < -0.4 is 0 Å². The van der Waals surface area contributed by atoms with Crippen molar-refractivity contribution in [3.63, 3.8) is 0 Å². The van der Waals surface area contributed by atoms with Crippen molar-refractivity contribution in [2.75, 3.05) is 6.54 Å². The number of benzene rings is 1. The number of rotatable bonds is 4. The highest BCUT2D eigenvalue weighted by atomic mass is 35.5. The van der Waals surface area contributed by atoms with Gasteiger partial charge in [0.2, 0.25) is 0 Å². The second kappa shape index (κ2) is 7.84. The van der Waals surface area contributed by atoms with Crippen LogP contribution in [0.15, 0.2) is 61.1 Å². The summed E-state index contributed by atoms with van der Waals surface area (Å²) in [5.74, 6) is -0.0875. The van der Waals surface area contributed by atoms with Crippen molar-refractivity contribution in [1.82, 2.24) is 19.9 Å². The quantitative estimate of drug-likeness (QED) is 0.686. The van der Waals surface area contributed by atoms with Gasteiger partial charge >= 0.3 is 0 Å². The minimum absolute atomic E-state index is 0.0235. The van der Waals surface area contributed by atoms with Gasteiger partial charge in [-0.1, -0.05) is 29.8 Å². The molecule has 1 aliphatic heterocycles. The number of amides is 1. The van der Waals surface area contributed by atoms with Crippen LogP contribution in [-0.2, 0) is 6.42 Å². The number of nitrogens with zero attached hydrogens (tertiary/aromatic N) is 4. The summed E-state index contributed by atoms with van der Waals surface area (Å²) >= 11 is 5.96. The summed E-state index contributed by atoms with van der Waals surface area (Å²) in [5, 5.41) is 0.726. The molecule has 0 saturated carbocycles. The zero-order valence-electron chi connectivity index (χ0n) is 14.8. The first-order chi connectivity index (χ1) is 13.2. The molecule has 0 N–H and O–H groups in total. The molecule has 5 nitrogen and oxygen atoms in total. The van der Waals surface area contributed by atoms with E-state index in [4.69, 9.17) is 16.6 Å². The van der Waals surface area contributed by atoms with Gasteiger partial charge in [-0.05, 0) is 42.7 Å². The summed E-state index contributed by atoms with van der Waals surface area (Å²) in [5.41, 5.74) is 3.44. The largest absolute Gasteiger partial charge is 0.329 e. The molecule has 1 aliphatic rings. The van der Waals surface area contributed by atoms with Crippen LogP contribution in [0.3, 0.4) is 0 Å². The molecule has 1 aromatic carbocycles. The molecule has 3 aromatic rings. The van der Waals surface area contributed by atoms with Crippen LogP contribution in [0.2, 0.25) is 5.02 Å². The van der Waals surface area contributed by atoms with E-state index in [-0.39, 0.29) is 11.9 Å². The predicted octanol–water partition coefficient (Wildman–Crippen LogP) is 4.09. The predicted molar refractivity (Wildman–Crippen MR) is 104 cm³/mol. The van der Waals surface area contributed by atoms with E-state index in [1.807, 2.05) is 47.4 Å². The molecule has 27 heavy (non-hydrogen) atoms. The Morgan fingerprint density at radius 3 is 2.78 bits per heavy atom. The van der Waals surface area contributed by atoms with E-state index < -0.39 is 0 Å². The molecule has 4 rings (SSSR count). The number of pyridine rings is 1. The smallest absolute Gasteiger partial charge is 0.274 e. The van der Waals surface area contributed by atoms with E-state index >= 15 is 0 Å². The van der Waals surface area contributed by atoms with Crippen molar-refractivity contribution in [1.29, 1.82) is 0 Å². The summed E-state index contributed by atoms with van der Waals surface area (Å²) in [6.07, 6.45) is 7.23. The molecule has 1 fully saturated rings. The standard InChI is InChI=1S/C21H19ClN4O/c22-16-8-6-15(7-9-16)13-17-3-1-4-18(25-17)20-5-2-12-26(20)21(27)19-14-23-10-11-24-19/h1,3-4,6-11,14,20H,2,5,12-13H2. The third-order valence-corrected chi connectivity index (χ3v) is 5.02. The minimum atomic E-state index is -0.0875. The maximum Gasteiger partial charge on any atom is 0.274 e. The Morgan fingerprint density at radius 2 is 2.00 bits per heavy atom. The van der Waals surface area contributed by atoms with E-state index in [1.54, 1.807) is 12.4 Å². The van der Waals surface area contributed by atoms with Crippen LogP contribution in [0.1, 0.15) is 46.3 Å². The molecule has 0 aliphatic carbocycles. The van der Waals surface area contributed by atoms with Gasteiger partial charge < -0.3 is 4.90 Å². The van der Waals surface area contributed by atoms with Crippen LogP contribution in [0.25, 0.3) is 0 Å². The monoisotopic (exact) mass is 378 g/mol. The van der Waals surface area contributed by atoms with Gasteiger partial charge in [0.15, 0.2) is 0 Å². The van der Waals surface area contributed by atoms with Gasteiger partial charge in [-0.25, -0.2) is 4.98 Å². The van der Waals surface area contributed by atoms with Gasteiger partial charge in [-0.2, -0.15) is 0 Å². The van der Waals surface area contributed by atoms with E-state index in [0.29, 0.717) is 12.2 Å². The Bertz CT molecular complexity index is 930. The van der Waals surface area contributed by atoms with Crippen LogP contribution >= 0.6 is 11.6 Å². The summed E-state index contributed by atoms with van der Waals surface area (Å²) < 4.78 is 0. The van der Waals surface area contributed by atoms with E-state index in [2.05, 4.69) is 9.97 Å². The Labute approximate surface area is 163 Å². The van der Waals surface area contributed by atoms with E-state index in [9.17, 15) is 4.79 Å². The molecule has 0 bridgehead atoms. The van der Waals surface area contributed by atoms with Gasteiger partial charge in [0.1, 0.15) is 5.69 Å². The Balaban J connectivity index is 1.55. The number of aromatic nitrogens is 3. The number of hydrogen-bond acceptors (Lipinski definition) is 4. The highest BCUT2D eigenvalue weighted by Gasteiger charge is 2.32. The molecule has 0 radical (unpaired) electrons. The lowest BCUT2D eigenvalue weighted by Crippen LogP contribution is -2.31. The highest BCUT2D eigenvalue weighted by molar-refractivity contribution is 6.30. The first-order valence-corrected chi connectivity index (χ1v) is 9.36. The number of carbonyl (C=O) groups excluding carboxylic acids is 1. The fourth-order valence-electron chi connectivity index (χ4n) is 3.47. The summed E-state index contributed by atoms with van der Waals surface area (Å²) in [7, 11) is 0. The van der Waals surface area contributed by atoms with Gasteiger partial charge in [0.05, 0.1) is 17.9 Å². The van der Waals surface area contributed by atoms with Crippen LogP contribution in [0.5, 0.6) is 0 Å². The molecule has 0 spiro atoms. The molecule has 6 heteroatoms. The van der Waals surface area contributed by atoms with Crippen molar-refractivity contribution in [2.24, 2.45) is 0 Å². The lowest BCUT2D eigenvalue weighted by molar-refractivity contribution is 0.0726. The lowest BCUT2D eigenvalue weighted by Gasteiger charge is -2.24. The summed E-state index contributed by atoms with van der Waals surface area (Å²) in [4.78, 5) is 27.7. The summed E-state index contributed by atoms with van der Waals surface area (Å²) in [6.45, 7) is 0.711.